The minimum Gasteiger partial charge on any atom is -0.456 e. The van der Waals surface area contributed by atoms with Crippen molar-refractivity contribution in [2.75, 3.05) is 11.9 Å². The fourth-order valence-corrected chi connectivity index (χ4v) is 6.68. The van der Waals surface area contributed by atoms with Crippen LogP contribution < -0.4 is 16.4 Å². The lowest BCUT2D eigenvalue weighted by Crippen LogP contribution is -2.11. The number of furan rings is 1. The molecule has 0 radical (unpaired) electrons. The Bertz CT molecular complexity index is 2570. The fraction of sp³-hybridized carbons (Fsp3) is 0.0769. The van der Waals surface area contributed by atoms with Crippen LogP contribution in [0.25, 0.3) is 49.8 Å². The van der Waals surface area contributed by atoms with Crippen molar-refractivity contribution in [3.8, 4) is 22.3 Å². The van der Waals surface area contributed by atoms with Crippen molar-refractivity contribution in [2.45, 2.75) is 20.4 Å². The van der Waals surface area contributed by atoms with E-state index >= 15 is 0 Å². The number of hydrogen-bond acceptors (Lipinski definition) is 4. The third-order valence-electron chi connectivity index (χ3n) is 9.46. The summed E-state index contributed by atoms with van der Waals surface area (Å²) in [7, 11) is 1.50. The van der Waals surface area contributed by atoms with Crippen molar-refractivity contribution >= 4 is 38.9 Å². The van der Waals surface area contributed by atoms with E-state index < -0.39 is 0 Å². The van der Waals surface area contributed by atoms with Crippen LogP contribution in [0, 0.1) is 13.8 Å². The zero-order valence-corrected chi connectivity index (χ0v) is 32.4. The lowest BCUT2D eigenvalue weighted by atomic mass is 9.94. The van der Waals surface area contributed by atoms with Crippen molar-refractivity contribution < 1.29 is 4.42 Å². The van der Waals surface area contributed by atoms with Gasteiger partial charge in [0.05, 0.1) is 5.69 Å². The van der Waals surface area contributed by atoms with Gasteiger partial charge in [-0.3, -0.25) is 0 Å². The number of fused-ring (bicyclic) bond motifs is 4. The molecule has 0 atom stereocenters. The van der Waals surface area contributed by atoms with E-state index in [9.17, 15) is 0 Å². The van der Waals surface area contributed by atoms with Gasteiger partial charge in [0.15, 0.2) is 0 Å². The van der Waals surface area contributed by atoms with E-state index in [1.54, 1.807) is 0 Å². The zero-order valence-electron chi connectivity index (χ0n) is 32.4. The monoisotopic (exact) mass is 731 g/mol. The van der Waals surface area contributed by atoms with Gasteiger partial charge in [-0.15, -0.1) is 0 Å². The molecule has 0 saturated heterocycles. The number of nitrogens with two attached hydrogens (primary N) is 2. The van der Waals surface area contributed by atoms with E-state index in [0.717, 1.165) is 55.6 Å². The Balaban J connectivity index is 0.000000259. The number of anilines is 2. The van der Waals surface area contributed by atoms with E-state index in [1.807, 2.05) is 60.7 Å². The highest BCUT2D eigenvalue weighted by Crippen LogP contribution is 2.41. The molecule has 0 saturated carbocycles. The number of benzene rings is 7. The first-order valence-electron chi connectivity index (χ1n) is 18.9. The molecule has 9 rings (SSSR count). The molecule has 1 aliphatic heterocycles. The third-order valence-corrected chi connectivity index (χ3v) is 9.46. The van der Waals surface area contributed by atoms with Gasteiger partial charge in [0, 0.05) is 34.8 Å². The molecule has 56 heavy (non-hydrogen) atoms. The number of rotatable bonds is 4. The number of para-hydroxylation sites is 1. The Labute approximate surface area is 331 Å². The Kier molecular flexibility index (Phi) is 13.3. The molecule has 1 aliphatic rings. The maximum absolute atomic E-state index is 6.30. The lowest BCUT2D eigenvalue weighted by Gasteiger charge is -2.25. The van der Waals surface area contributed by atoms with Crippen LogP contribution in [0.5, 0.6) is 0 Å². The first-order valence-corrected chi connectivity index (χ1v) is 18.9. The molecule has 0 fully saturated rings. The van der Waals surface area contributed by atoms with E-state index in [4.69, 9.17) is 10.2 Å². The Morgan fingerprint density at radius 3 is 1.86 bits per heavy atom. The Morgan fingerprint density at radius 2 is 1.20 bits per heavy atom. The molecule has 1 aromatic heterocycles. The van der Waals surface area contributed by atoms with E-state index in [1.165, 1.54) is 34.9 Å². The Morgan fingerprint density at radius 1 is 0.554 bits per heavy atom. The van der Waals surface area contributed by atoms with Crippen LogP contribution in [0.1, 0.15) is 22.3 Å². The van der Waals surface area contributed by atoms with Crippen LogP contribution in [0.4, 0.5) is 11.4 Å². The fourth-order valence-electron chi connectivity index (χ4n) is 6.68. The second kappa shape index (κ2) is 19.0. The summed E-state index contributed by atoms with van der Waals surface area (Å²) in [6.45, 7) is 9.25. The maximum Gasteiger partial charge on any atom is 0.136 e. The molecule has 4 nitrogen and oxygen atoms in total. The van der Waals surface area contributed by atoms with Gasteiger partial charge in [-0.2, -0.15) is 0 Å². The molecule has 4 heteroatoms. The predicted octanol–water partition coefficient (Wildman–Crippen LogP) is 13.2. The summed E-state index contributed by atoms with van der Waals surface area (Å²) in [4.78, 5) is 2.22. The smallest absolute Gasteiger partial charge is 0.136 e. The lowest BCUT2D eigenvalue weighted by molar-refractivity contribution is 0.669. The van der Waals surface area contributed by atoms with Gasteiger partial charge in [0.1, 0.15) is 11.2 Å². The molecule has 0 bridgehead atoms. The number of allylic oxidation sites excluding steroid dienone is 4. The van der Waals surface area contributed by atoms with Crippen molar-refractivity contribution in [3.63, 3.8) is 0 Å². The maximum atomic E-state index is 6.30. The van der Waals surface area contributed by atoms with Crippen molar-refractivity contribution in [3.05, 3.63) is 223 Å². The second-order valence-electron chi connectivity index (χ2n) is 13.4. The van der Waals surface area contributed by atoms with Crippen LogP contribution in [0.2, 0.25) is 0 Å². The van der Waals surface area contributed by atoms with Gasteiger partial charge >= 0.3 is 0 Å². The largest absolute Gasteiger partial charge is 0.456 e. The molecular formula is C52H49N3O. The van der Waals surface area contributed by atoms with Crippen molar-refractivity contribution in [1.82, 2.24) is 0 Å². The quantitative estimate of drug-likeness (QED) is 0.189. The molecule has 0 spiro atoms. The molecule has 0 amide bonds. The van der Waals surface area contributed by atoms with Gasteiger partial charge in [0.25, 0.3) is 0 Å². The van der Waals surface area contributed by atoms with Gasteiger partial charge in [-0.1, -0.05) is 157 Å². The van der Waals surface area contributed by atoms with Crippen LogP contribution in [0.15, 0.2) is 205 Å². The van der Waals surface area contributed by atoms with Crippen LogP contribution in [0.3, 0.4) is 0 Å². The molecule has 0 aliphatic carbocycles. The van der Waals surface area contributed by atoms with Gasteiger partial charge in [0.2, 0.25) is 0 Å². The molecule has 278 valence electrons. The molecule has 8 aromatic rings. The topological polar surface area (TPSA) is 68.4 Å². The third kappa shape index (κ3) is 9.31. The van der Waals surface area contributed by atoms with Gasteiger partial charge in [-0.05, 0) is 103 Å². The zero-order chi connectivity index (χ0) is 39.3. The second-order valence-corrected chi connectivity index (χ2v) is 13.4. The van der Waals surface area contributed by atoms with Crippen LogP contribution >= 0.6 is 0 Å². The van der Waals surface area contributed by atoms with E-state index in [0.29, 0.717) is 6.54 Å². The van der Waals surface area contributed by atoms with Gasteiger partial charge in [-0.25, -0.2) is 0 Å². The van der Waals surface area contributed by atoms with Crippen LogP contribution in [-0.4, -0.2) is 7.05 Å². The summed E-state index contributed by atoms with van der Waals surface area (Å²) in [6.07, 6.45) is 8.28. The molecule has 4 N–H and O–H groups in total. The Hall–Kier alpha value is -6.72. The first kappa shape index (κ1) is 39.0. The molecule has 7 aromatic carbocycles. The summed E-state index contributed by atoms with van der Waals surface area (Å²) in [6, 6.07) is 58.8. The van der Waals surface area contributed by atoms with E-state index in [-0.39, 0.29) is 0 Å². The van der Waals surface area contributed by atoms with Crippen LogP contribution in [-0.2, 0) is 6.54 Å². The molecule has 0 unspecified atom stereocenters. The summed E-state index contributed by atoms with van der Waals surface area (Å²) in [5, 5.41) is 2.28. The number of aryl methyl sites for hydroxylation is 2. The standard InChI is InChI=1S/C37H27NO.C7H9N.C7H8.CH5N/c1-25-10-8-12-29(22-25)31-15-9-16-36-37(31)33-24-28(18-20-35(33)39-36)27-17-19-34-32(23-27)26(2)11-6-7-21-38(34)30-13-4-3-5-14-30;8-6-7-4-2-1-3-5-7;1-7-5-3-2-4-6-7;1-2/h3-24H,2H2,1H3;1-5H,6,8H2;2-6H,1H3;2H2,1H3/b11-6-,21-7-;;;. The van der Waals surface area contributed by atoms with Crippen molar-refractivity contribution in [1.29, 1.82) is 0 Å². The number of nitrogens with zero attached hydrogens (tertiary/aromatic N) is 1. The normalized spacial score (nSPS) is 12.7. The average molecular weight is 732 g/mol. The average Bonchev–Trinajstić information content (AvgIpc) is 3.63. The SMILES string of the molecule is C=C1/C=C\C=C/N(c2ccccc2)c2ccc(-c3ccc4oc5cccc(-c6cccc(C)c6)c5c4c3)cc21.CN.Cc1ccccc1.NCc1ccccc1. The van der Waals surface area contributed by atoms with Crippen molar-refractivity contribution in [2.24, 2.45) is 11.5 Å². The highest BCUT2D eigenvalue weighted by molar-refractivity contribution is 6.13. The summed E-state index contributed by atoms with van der Waals surface area (Å²) < 4.78 is 6.30. The summed E-state index contributed by atoms with van der Waals surface area (Å²) in [5.41, 5.74) is 24.4. The highest BCUT2D eigenvalue weighted by Gasteiger charge is 2.17. The number of hydrogen-bond donors (Lipinski definition) is 2. The summed E-state index contributed by atoms with van der Waals surface area (Å²) >= 11 is 0. The van der Waals surface area contributed by atoms with Gasteiger partial charge < -0.3 is 20.8 Å². The predicted molar refractivity (Wildman–Crippen MR) is 241 cm³/mol. The van der Waals surface area contributed by atoms with E-state index in [2.05, 4.69) is 165 Å². The highest BCUT2D eigenvalue weighted by atomic mass is 16.3. The summed E-state index contributed by atoms with van der Waals surface area (Å²) in [5.74, 6) is 0. The minimum atomic E-state index is 0.640. The molecular weight excluding hydrogens is 683 g/mol. The molecule has 2 heterocycles. The first-order chi connectivity index (χ1) is 27.5. The minimum absolute atomic E-state index is 0.640.